The number of rotatable bonds is 2. The predicted molar refractivity (Wildman–Crippen MR) is 68.5 cm³/mol. The van der Waals surface area contributed by atoms with Gasteiger partial charge in [0.15, 0.2) is 0 Å². The van der Waals surface area contributed by atoms with Crippen LogP contribution in [0.15, 0.2) is 36.5 Å². The molecule has 0 unspecified atom stereocenters. The predicted octanol–water partition coefficient (Wildman–Crippen LogP) is -0.689. The second-order valence-corrected chi connectivity index (χ2v) is 4.42. The van der Waals surface area contributed by atoms with E-state index in [0.717, 1.165) is 18.0 Å². The molecule has 1 aromatic carbocycles. The summed E-state index contributed by atoms with van der Waals surface area (Å²) in [7, 11) is -3.60. The molecule has 0 atom stereocenters. The number of benzene rings is 1. The number of carbonyl (C=O) groups is 1. The molecule has 0 aliphatic carbocycles. The van der Waals surface area contributed by atoms with E-state index in [-0.39, 0.29) is 28.6 Å². The minimum Gasteiger partial charge on any atom is -0.726 e. The van der Waals surface area contributed by atoms with E-state index in [1.807, 2.05) is 6.07 Å². The minimum atomic E-state index is -4.41. The van der Waals surface area contributed by atoms with Crippen molar-refractivity contribution < 1.29 is 27.1 Å². The van der Waals surface area contributed by atoms with Gasteiger partial charge in [0.25, 0.3) is 0 Å². The molecule has 2 rings (SSSR count). The molecule has 9 heteroatoms. The van der Waals surface area contributed by atoms with Crippen LogP contribution in [0.2, 0.25) is 0 Å². The van der Waals surface area contributed by atoms with Gasteiger partial charge in [-0.3, -0.25) is 9.17 Å². The monoisotopic (exact) mass is 307 g/mol. The summed E-state index contributed by atoms with van der Waals surface area (Å²) < 4.78 is 31.0. The van der Waals surface area contributed by atoms with Gasteiger partial charge in [-0.25, -0.2) is 8.42 Å². The summed E-state index contributed by atoms with van der Waals surface area (Å²) in [5.41, 5.74) is 0.966. The Labute approximate surface area is 131 Å². The number of hydrogen-bond donors (Lipinski definition) is 0. The Balaban J connectivity index is 0.000000448. The molecule has 0 spiro atoms. The third-order valence-corrected chi connectivity index (χ3v) is 2.45. The quantitative estimate of drug-likeness (QED) is 0.409. The zero-order chi connectivity index (χ0) is 14.5. The SMILES string of the molecule is COS(=O)(=O)[O-].O=C([O-])c1ccc2ncccc2c1.[Mg+2]. The topological polar surface area (TPSA) is 119 Å². The van der Waals surface area contributed by atoms with E-state index < -0.39 is 16.4 Å². The summed E-state index contributed by atoms with van der Waals surface area (Å²) in [5.74, 6) is -1.16. The van der Waals surface area contributed by atoms with Gasteiger partial charge in [0.05, 0.1) is 18.6 Å². The molecular weight excluding hydrogens is 298 g/mol. The maximum atomic E-state index is 10.5. The molecule has 0 N–H and O–H groups in total. The van der Waals surface area contributed by atoms with E-state index in [2.05, 4.69) is 9.17 Å². The standard InChI is InChI=1S/C10H7NO2.CH4O4S.Mg/c12-10(13)8-3-4-9-7(6-8)2-1-5-11-9;1-5-6(2,3)4;/h1-6H,(H,12,13);1H3,(H,2,3,4);/q;;+2/p-2. The number of pyridine rings is 1. The van der Waals surface area contributed by atoms with Crippen LogP contribution in [0, 0.1) is 0 Å². The first-order valence-electron chi connectivity index (χ1n) is 4.91. The number of carboxylic acids is 1. The normalized spacial score (nSPS) is 10.1. The van der Waals surface area contributed by atoms with Gasteiger partial charge in [0, 0.05) is 11.6 Å². The van der Waals surface area contributed by atoms with Crippen LogP contribution in [0.1, 0.15) is 10.4 Å². The molecule has 0 fully saturated rings. The number of nitrogens with zero attached hydrogens (tertiary/aromatic N) is 1. The summed E-state index contributed by atoms with van der Waals surface area (Å²) in [5, 5.41) is 11.3. The van der Waals surface area contributed by atoms with Gasteiger partial charge >= 0.3 is 23.1 Å². The zero-order valence-corrected chi connectivity index (χ0v) is 12.7. The van der Waals surface area contributed by atoms with Crippen molar-refractivity contribution in [2.24, 2.45) is 0 Å². The minimum absolute atomic E-state index is 0. The van der Waals surface area contributed by atoms with Crippen molar-refractivity contribution in [3.63, 3.8) is 0 Å². The van der Waals surface area contributed by atoms with E-state index in [1.165, 1.54) is 6.07 Å². The average Bonchev–Trinajstić information content (AvgIpc) is 2.38. The number of carbonyl (C=O) groups excluding carboxylic acids is 1. The van der Waals surface area contributed by atoms with Gasteiger partial charge < -0.3 is 14.5 Å². The molecule has 1 aromatic heterocycles. The summed E-state index contributed by atoms with van der Waals surface area (Å²) in [6, 6.07) is 8.29. The zero-order valence-electron chi connectivity index (χ0n) is 10.5. The van der Waals surface area contributed by atoms with Crippen LogP contribution in [0.3, 0.4) is 0 Å². The Morgan fingerprint density at radius 1 is 1.30 bits per heavy atom. The van der Waals surface area contributed by atoms with Gasteiger partial charge in [-0.1, -0.05) is 12.1 Å². The number of aromatic nitrogens is 1. The van der Waals surface area contributed by atoms with E-state index in [4.69, 9.17) is 0 Å². The van der Waals surface area contributed by atoms with Crippen molar-refractivity contribution in [3.05, 3.63) is 42.1 Å². The van der Waals surface area contributed by atoms with Crippen molar-refractivity contribution in [3.8, 4) is 0 Å². The Hall–Kier alpha value is -1.26. The fourth-order valence-electron chi connectivity index (χ4n) is 1.20. The number of fused-ring (bicyclic) bond motifs is 1. The number of carboxylic acid groups (broad SMARTS) is 1. The van der Waals surface area contributed by atoms with Crippen LogP contribution < -0.4 is 5.11 Å². The van der Waals surface area contributed by atoms with Crippen LogP contribution in [0.5, 0.6) is 0 Å². The molecule has 0 saturated carbocycles. The van der Waals surface area contributed by atoms with Crippen LogP contribution in [-0.4, -0.2) is 54.1 Å². The first-order valence-corrected chi connectivity index (χ1v) is 6.24. The molecule has 1 heterocycles. The first-order chi connectivity index (χ1) is 8.83. The largest absolute Gasteiger partial charge is 2.00 e. The van der Waals surface area contributed by atoms with Crippen molar-refractivity contribution >= 4 is 50.3 Å². The fourth-order valence-corrected chi connectivity index (χ4v) is 1.20. The Morgan fingerprint density at radius 2 is 1.90 bits per heavy atom. The molecule has 2 aromatic rings. The Kier molecular flexibility index (Phi) is 7.61. The molecule has 102 valence electrons. The van der Waals surface area contributed by atoms with Gasteiger partial charge in [-0.2, -0.15) is 0 Å². The molecular formula is C11H9MgNO6S. The van der Waals surface area contributed by atoms with Crippen molar-refractivity contribution in [1.82, 2.24) is 4.98 Å². The summed E-state index contributed by atoms with van der Waals surface area (Å²) >= 11 is 0. The summed E-state index contributed by atoms with van der Waals surface area (Å²) in [4.78, 5) is 14.6. The second kappa shape index (κ2) is 8.12. The second-order valence-electron chi connectivity index (χ2n) is 3.27. The third-order valence-electron chi connectivity index (χ3n) is 2.04. The average molecular weight is 308 g/mol. The van der Waals surface area contributed by atoms with E-state index in [1.54, 1.807) is 24.4 Å². The van der Waals surface area contributed by atoms with Gasteiger partial charge in [-0.15, -0.1) is 0 Å². The molecule has 0 radical (unpaired) electrons. The van der Waals surface area contributed by atoms with Crippen LogP contribution in [0.4, 0.5) is 0 Å². The maximum Gasteiger partial charge on any atom is 2.00 e. The van der Waals surface area contributed by atoms with Crippen LogP contribution in [0.25, 0.3) is 10.9 Å². The number of aromatic carboxylic acids is 1. The van der Waals surface area contributed by atoms with E-state index >= 15 is 0 Å². The fraction of sp³-hybridized carbons (Fsp3) is 0.0909. The molecule has 0 bridgehead atoms. The summed E-state index contributed by atoms with van der Waals surface area (Å²) in [6.07, 6.45) is 1.67. The first kappa shape index (κ1) is 18.7. The molecule has 20 heavy (non-hydrogen) atoms. The maximum absolute atomic E-state index is 10.5. The Bertz CT molecular complexity index is 688. The van der Waals surface area contributed by atoms with Crippen molar-refractivity contribution in [2.75, 3.05) is 7.11 Å². The van der Waals surface area contributed by atoms with Gasteiger partial charge in [0.2, 0.25) is 10.4 Å². The van der Waals surface area contributed by atoms with Crippen LogP contribution in [-0.2, 0) is 14.6 Å². The molecule has 0 amide bonds. The van der Waals surface area contributed by atoms with Crippen molar-refractivity contribution in [2.45, 2.75) is 0 Å². The molecule has 0 aliphatic heterocycles. The smallest absolute Gasteiger partial charge is 0.726 e. The van der Waals surface area contributed by atoms with Gasteiger partial charge in [0.1, 0.15) is 0 Å². The number of hydrogen-bond acceptors (Lipinski definition) is 7. The van der Waals surface area contributed by atoms with E-state index in [9.17, 15) is 22.9 Å². The van der Waals surface area contributed by atoms with Crippen LogP contribution >= 0.6 is 0 Å². The Morgan fingerprint density at radius 3 is 2.40 bits per heavy atom. The summed E-state index contributed by atoms with van der Waals surface area (Å²) in [6.45, 7) is 0. The molecule has 7 nitrogen and oxygen atoms in total. The van der Waals surface area contributed by atoms with Crippen molar-refractivity contribution in [1.29, 1.82) is 0 Å². The van der Waals surface area contributed by atoms with E-state index in [0.29, 0.717) is 0 Å². The molecule has 0 aliphatic rings. The molecule has 0 saturated heterocycles. The third kappa shape index (κ3) is 6.26. The van der Waals surface area contributed by atoms with Gasteiger partial charge in [-0.05, 0) is 23.8 Å².